The van der Waals surface area contributed by atoms with E-state index in [2.05, 4.69) is 11.1 Å². The first kappa shape index (κ1) is 9.16. The van der Waals surface area contributed by atoms with Crippen LogP contribution in [0.1, 0.15) is 12.0 Å². The Bertz CT molecular complexity index is 425. The van der Waals surface area contributed by atoms with Crippen molar-refractivity contribution in [3.8, 4) is 0 Å². The molecule has 0 fully saturated rings. The maximum Gasteiger partial charge on any atom is 0.0825 e. The van der Waals surface area contributed by atoms with Crippen LogP contribution in [0.4, 0.5) is 0 Å². The van der Waals surface area contributed by atoms with E-state index < -0.39 is 0 Å². The van der Waals surface area contributed by atoms with Crippen LogP contribution >= 0.6 is 0 Å². The molecule has 2 nitrogen and oxygen atoms in total. The number of benzene rings is 1. The Kier molecular flexibility index (Phi) is 2.75. The van der Waals surface area contributed by atoms with Gasteiger partial charge in [0.15, 0.2) is 0 Å². The Morgan fingerprint density at radius 1 is 1.21 bits per heavy atom. The first-order valence-electron chi connectivity index (χ1n) is 4.82. The molecule has 2 rings (SSSR count). The molecule has 1 aromatic carbocycles. The molecule has 1 aromatic heterocycles. The van der Waals surface area contributed by atoms with Crippen molar-refractivity contribution in [3.05, 3.63) is 42.1 Å². The summed E-state index contributed by atoms with van der Waals surface area (Å²) in [7, 11) is 0. The number of nitrogens with zero attached hydrogens (tertiary/aromatic N) is 1. The molecule has 1 radical (unpaired) electrons. The Morgan fingerprint density at radius 2 is 2.07 bits per heavy atom. The van der Waals surface area contributed by atoms with E-state index in [1.165, 1.54) is 0 Å². The summed E-state index contributed by atoms with van der Waals surface area (Å²) in [4.78, 5) is 4.33. The van der Waals surface area contributed by atoms with Gasteiger partial charge in [0.2, 0.25) is 0 Å². The van der Waals surface area contributed by atoms with Gasteiger partial charge < -0.3 is 0 Å². The first-order valence-corrected chi connectivity index (χ1v) is 4.82. The molecule has 0 bridgehead atoms. The molecule has 0 amide bonds. The molecule has 2 heteroatoms. The number of hydrogen-bond acceptors (Lipinski definition) is 1. The molecular formula is C12H12NO. The zero-order valence-electron chi connectivity index (χ0n) is 7.94. The third kappa shape index (κ3) is 1.91. The summed E-state index contributed by atoms with van der Waals surface area (Å²) in [5, 5.41) is 11.5. The number of para-hydroxylation sites is 1. The fourth-order valence-corrected chi connectivity index (χ4v) is 1.53. The summed E-state index contributed by atoms with van der Waals surface area (Å²) >= 11 is 0. The van der Waals surface area contributed by atoms with E-state index in [9.17, 15) is 5.11 Å². The third-order valence-corrected chi connectivity index (χ3v) is 2.26. The van der Waals surface area contributed by atoms with Gasteiger partial charge in [-0.1, -0.05) is 18.2 Å². The molecule has 0 aliphatic rings. The van der Waals surface area contributed by atoms with Crippen molar-refractivity contribution in [1.29, 1.82) is 0 Å². The van der Waals surface area contributed by atoms with Crippen molar-refractivity contribution >= 4 is 10.9 Å². The second-order valence-corrected chi connectivity index (χ2v) is 3.34. The van der Waals surface area contributed by atoms with Gasteiger partial charge in [-0.25, -0.2) is 5.11 Å². The van der Waals surface area contributed by atoms with Crippen molar-refractivity contribution in [2.24, 2.45) is 0 Å². The van der Waals surface area contributed by atoms with Crippen molar-refractivity contribution in [2.45, 2.75) is 12.8 Å². The fourth-order valence-electron chi connectivity index (χ4n) is 1.53. The molecule has 0 aliphatic carbocycles. The molecule has 0 N–H and O–H groups in total. The molecule has 0 unspecified atom stereocenters. The minimum absolute atomic E-state index is 0.00712. The number of pyridine rings is 1. The van der Waals surface area contributed by atoms with Crippen LogP contribution in [-0.2, 0) is 11.5 Å². The zero-order chi connectivity index (χ0) is 9.80. The normalized spacial score (nSPS) is 10.6. The third-order valence-electron chi connectivity index (χ3n) is 2.26. The minimum Gasteiger partial charge on any atom is -0.256 e. The Labute approximate surface area is 83.2 Å². The molecule has 71 valence electrons. The molecule has 2 aromatic rings. The van der Waals surface area contributed by atoms with E-state index in [0.29, 0.717) is 6.42 Å². The molecule has 0 aliphatic heterocycles. The predicted molar refractivity (Wildman–Crippen MR) is 55.6 cm³/mol. The minimum atomic E-state index is -0.00712. The van der Waals surface area contributed by atoms with E-state index in [1.807, 2.05) is 30.5 Å². The lowest BCUT2D eigenvalue weighted by Gasteiger charge is -2.00. The maximum atomic E-state index is 10.3. The zero-order valence-corrected chi connectivity index (χ0v) is 7.94. The van der Waals surface area contributed by atoms with Crippen LogP contribution in [0.5, 0.6) is 0 Å². The summed E-state index contributed by atoms with van der Waals surface area (Å²) < 4.78 is 0. The molecule has 0 saturated carbocycles. The lowest BCUT2D eigenvalue weighted by Crippen LogP contribution is -1.90. The van der Waals surface area contributed by atoms with E-state index in [-0.39, 0.29) is 6.61 Å². The van der Waals surface area contributed by atoms with Crippen molar-refractivity contribution in [2.75, 3.05) is 6.61 Å². The number of fused-ring (bicyclic) bond motifs is 1. The molecule has 0 saturated heterocycles. The monoisotopic (exact) mass is 186 g/mol. The lowest BCUT2D eigenvalue weighted by atomic mass is 10.1. The van der Waals surface area contributed by atoms with Crippen LogP contribution in [-0.4, -0.2) is 11.6 Å². The highest BCUT2D eigenvalue weighted by Gasteiger charge is 1.96. The van der Waals surface area contributed by atoms with Crippen molar-refractivity contribution < 1.29 is 5.11 Å². The van der Waals surface area contributed by atoms with E-state index in [4.69, 9.17) is 0 Å². The van der Waals surface area contributed by atoms with Gasteiger partial charge >= 0.3 is 0 Å². The van der Waals surface area contributed by atoms with Crippen LogP contribution in [0.15, 0.2) is 36.5 Å². The Morgan fingerprint density at radius 3 is 2.93 bits per heavy atom. The van der Waals surface area contributed by atoms with Crippen LogP contribution in [0.3, 0.4) is 0 Å². The van der Waals surface area contributed by atoms with Gasteiger partial charge in [0.05, 0.1) is 12.1 Å². The van der Waals surface area contributed by atoms with Crippen molar-refractivity contribution in [1.82, 2.24) is 4.98 Å². The number of rotatable bonds is 3. The molecule has 14 heavy (non-hydrogen) atoms. The lowest BCUT2D eigenvalue weighted by molar-refractivity contribution is 0.189. The SMILES string of the molecule is [O]CCCc1cnc2ccccc2c1. The van der Waals surface area contributed by atoms with Crippen LogP contribution in [0, 0.1) is 0 Å². The van der Waals surface area contributed by atoms with Gasteiger partial charge in [-0.3, -0.25) is 4.98 Å². The second-order valence-electron chi connectivity index (χ2n) is 3.34. The van der Waals surface area contributed by atoms with Crippen molar-refractivity contribution in [3.63, 3.8) is 0 Å². The first-order chi connectivity index (χ1) is 6.90. The van der Waals surface area contributed by atoms with E-state index in [0.717, 1.165) is 22.9 Å². The maximum absolute atomic E-state index is 10.3. The molecule has 0 atom stereocenters. The smallest absolute Gasteiger partial charge is 0.0825 e. The Hall–Kier alpha value is -1.41. The van der Waals surface area contributed by atoms with Crippen LogP contribution in [0.2, 0.25) is 0 Å². The topological polar surface area (TPSA) is 32.8 Å². The van der Waals surface area contributed by atoms with Crippen LogP contribution < -0.4 is 0 Å². The largest absolute Gasteiger partial charge is 0.256 e. The summed E-state index contributed by atoms with van der Waals surface area (Å²) in [6, 6.07) is 10.1. The Balaban J connectivity index is 2.32. The summed E-state index contributed by atoms with van der Waals surface area (Å²) in [6.45, 7) is -0.00712. The average Bonchev–Trinajstić information content (AvgIpc) is 2.26. The van der Waals surface area contributed by atoms with E-state index in [1.54, 1.807) is 0 Å². The highest BCUT2D eigenvalue weighted by Crippen LogP contribution is 2.13. The van der Waals surface area contributed by atoms with Gasteiger partial charge in [0.25, 0.3) is 0 Å². The molecule has 0 spiro atoms. The highest BCUT2D eigenvalue weighted by molar-refractivity contribution is 5.78. The average molecular weight is 186 g/mol. The van der Waals surface area contributed by atoms with Gasteiger partial charge in [-0.05, 0) is 30.5 Å². The second kappa shape index (κ2) is 4.20. The standard InChI is InChI=1S/C12H12NO/c14-7-3-4-10-8-11-5-1-2-6-12(11)13-9-10/h1-2,5-6,8-9H,3-4,7H2. The molecular weight excluding hydrogens is 174 g/mol. The van der Waals surface area contributed by atoms with Gasteiger partial charge in [-0.15, -0.1) is 0 Å². The van der Waals surface area contributed by atoms with Gasteiger partial charge in [-0.2, -0.15) is 0 Å². The van der Waals surface area contributed by atoms with Gasteiger partial charge in [0.1, 0.15) is 0 Å². The van der Waals surface area contributed by atoms with E-state index >= 15 is 0 Å². The summed E-state index contributed by atoms with van der Waals surface area (Å²) in [6.07, 6.45) is 3.39. The van der Waals surface area contributed by atoms with Gasteiger partial charge in [0, 0.05) is 11.6 Å². The summed E-state index contributed by atoms with van der Waals surface area (Å²) in [5.74, 6) is 0. The fraction of sp³-hybridized carbons (Fsp3) is 0.250. The quantitative estimate of drug-likeness (QED) is 0.725. The predicted octanol–water partition coefficient (Wildman–Crippen LogP) is 2.60. The number of aromatic nitrogens is 1. The highest BCUT2D eigenvalue weighted by atomic mass is 16.2. The molecule has 1 heterocycles. The number of aryl methyl sites for hydroxylation is 1. The summed E-state index contributed by atoms with van der Waals surface area (Å²) in [5.41, 5.74) is 2.16. The number of hydrogen-bond donors (Lipinski definition) is 0. The van der Waals surface area contributed by atoms with Crippen LogP contribution in [0.25, 0.3) is 10.9 Å².